The number of likely N-dealkylation sites (tertiary alicyclic amines) is 1. The summed E-state index contributed by atoms with van der Waals surface area (Å²) >= 11 is 6.54. The van der Waals surface area contributed by atoms with Crippen molar-refractivity contribution in [1.82, 2.24) is 25.0 Å². The van der Waals surface area contributed by atoms with Crippen LogP contribution in [0.2, 0.25) is 5.02 Å². The Kier molecular flexibility index (Phi) is 7.18. The molecule has 1 spiro atoms. The fourth-order valence-corrected chi connectivity index (χ4v) is 7.03. The maximum absolute atomic E-state index is 13.6. The molecule has 6 rings (SSSR count). The van der Waals surface area contributed by atoms with Crippen LogP contribution in [0, 0.1) is 10.8 Å². The fourth-order valence-electron chi connectivity index (χ4n) is 6.83. The Balaban J connectivity index is 1.09. The molecule has 1 aliphatic carbocycles. The van der Waals surface area contributed by atoms with Crippen molar-refractivity contribution in [1.29, 1.82) is 0 Å². The van der Waals surface area contributed by atoms with Gasteiger partial charge in [0, 0.05) is 48.7 Å². The number of urea groups is 1. The third kappa shape index (κ3) is 5.52. The van der Waals surface area contributed by atoms with Crippen molar-refractivity contribution in [3.63, 3.8) is 0 Å². The zero-order chi connectivity index (χ0) is 28.8. The number of aromatic nitrogens is 3. The highest BCUT2D eigenvalue weighted by Gasteiger charge is 2.49. The van der Waals surface area contributed by atoms with Crippen LogP contribution in [0.25, 0.3) is 11.1 Å². The Morgan fingerprint density at radius 1 is 1.17 bits per heavy atom. The monoisotopic (exact) mass is 576 g/mol. The summed E-state index contributed by atoms with van der Waals surface area (Å²) < 4.78 is 7.28. The van der Waals surface area contributed by atoms with Crippen LogP contribution in [0.4, 0.5) is 10.6 Å². The Hall–Kier alpha value is -3.59. The van der Waals surface area contributed by atoms with E-state index in [1.807, 2.05) is 46.1 Å². The van der Waals surface area contributed by atoms with Crippen molar-refractivity contribution >= 4 is 29.4 Å². The predicted octanol–water partition coefficient (Wildman–Crippen LogP) is 5.67. The second kappa shape index (κ2) is 10.7. The Bertz CT molecular complexity index is 1470. The first kappa shape index (κ1) is 27.6. The van der Waals surface area contributed by atoms with Crippen molar-refractivity contribution in [3.8, 4) is 16.9 Å². The smallest absolute Gasteiger partial charge is 0.320 e. The number of rotatable bonds is 6. The summed E-state index contributed by atoms with van der Waals surface area (Å²) in [5.74, 6) is 1.42. The van der Waals surface area contributed by atoms with E-state index in [2.05, 4.69) is 34.6 Å². The summed E-state index contributed by atoms with van der Waals surface area (Å²) in [4.78, 5) is 32.9. The van der Waals surface area contributed by atoms with Crippen molar-refractivity contribution in [3.05, 3.63) is 59.0 Å². The van der Waals surface area contributed by atoms with E-state index in [4.69, 9.17) is 16.3 Å². The second-order valence-corrected chi connectivity index (χ2v) is 13.0. The van der Waals surface area contributed by atoms with E-state index >= 15 is 0 Å². The predicted molar refractivity (Wildman–Crippen MR) is 158 cm³/mol. The van der Waals surface area contributed by atoms with E-state index in [1.165, 1.54) is 0 Å². The SMILES string of the molecule is COc1ccc(CN2CCC3(CCCC(NC(=O)Nc4cc(-c5cnn6c5CC(C)(C)C6)c(Cl)cn4)C3)C2=O)cc1. The van der Waals surface area contributed by atoms with Crippen molar-refractivity contribution < 1.29 is 14.3 Å². The number of nitrogens with zero attached hydrogens (tertiary/aromatic N) is 4. The van der Waals surface area contributed by atoms with Crippen molar-refractivity contribution in [2.75, 3.05) is 19.0 Å². The summed E-state index contributed by atoms with van der Waals surface area (Å²) in [6.45, 7) is 6.64. The molecule has 0 radical (unpaired) electrons. The molecule has 2 aromatic heterocycles. The van der Waals surface area contributed by atoms with Crippen molar-refractivity contribution in [2.45, 2.75) is 71.5 Å². The molecular weight excluding hydrogens is 540 g/mol. The normalized spacial score (nSPS) is 23.1. The van der Waals surface area contributed by atoms with Gasteiger partial charge in [0.2, 0.25) is 5.91 Å². The van der Waals surface area contributed by atoms with Gasteiger partial charge in [0.25, 0.3) is 0 Å². The highest BCUT2D eigenvalue weighted by molar-refractivity contribution is 6.33. The number of carbonyl (C=O) groups is 2. The maximum Gasteiger partial charge on any atom is 0.320 e. The molecule has 9 nitrogen and oxygen atoms in total. The van der Waals surface area contributed by atoms with Gasteiger partial charge in [0.15, 0.2) is 0 Å². The van der Waals surface area contributed by atoms with Crippen LogP contribution in [-0.4, -0.2) is 51.3 Å². The lowest BCUT2D eigenvalue weighted by Crippen LogP contribution is -2.46. The van der Waals surface area contributed by atoms with Gasteiger partial charge in [-0.3, -0.25) is 14.8 Å². The molecule has 0 bridgehead atoms. The van der Waals surface area contributed by atoms with Crippen LogP contribution in [0.15, 0.2) is 42.7 Å². The van der Waals surface area contributed by atoms with Gasteiger partial charge < -0.3 is 15.0 Å². The Labute approximate surface area is 245 Å². The summed E-state index contributed by atoms with van der Waals surface area (Å²) in [6.07, 6.45) is 8.39. The molecule has 216 valence electrons. The quantitative estimate of drug-likeness (QED) is 0.393. The molecule has 4 heterocycles. The van der Waals surface area contributed by atoms with E-state index in [1.54, 1.807) is 13.3 Å². The summed E-state index contributed by atoms with van der Waals surface area (Å²) in [5.41, 5.74) is 3.74. The van der Waals surface area contributed by atoms with E-state index < -0.39 is 5.41 Å². The molecule has 2 aliphatic heterocycles. The van der Waals surface area contributed by atoms with Crippen LogP contribution >= 0.6 is 11.6 Å². The van der Waals surface area contributed by atoms with Gasteiger partial charge in [-0.05, 0) is 61.3 Å². The fraction of sp³-hybridized carbons (Fsp3) is 0.484. The number of hydrogen-bond acceptors (Lipinski definition) is 5. The standard InChI is InChI=1S/C31H37ClN6O3/c1-30(2)15-26-24(16-34-38(26)19-30)23-13-27(33-17-25(23)32)36-29(40)35-21-5-4-10-31(14-21)11-12-37(28(31)39)18-20-6-8-22(41-3)9-7-20/h6-9,13,16-17,21H,4-5,10-12,14-15,18-19H2,1-3H3,(H2,33,35,36,40). The molecule has 3 aliphatic rings. The average molecular weight is 577 g/mol. The zero-order valence-electron chi connectivity index (χ0n) is 23.9. The number of anilines is 1. The van der Waals surface area contributed by atoms with Crippen LogP contribution < -0.4 is 15.4 Å². The number of pyridine rings is 1. The molecule has 3 amide bonds. The third-order valence-electron chi connectivity index (χ3n) is 8.87. The highest BCUT2D eigenvalue weighted by Crippen LogP contribution is 2.45. The lowest BCUT2D eigenvalue weighted by molar-refractivity contribution is -0.138. The average Bonchev–Trinajstić information content (AvgIpc) is 3.56. The number of methoxy groups -OCH3 is 1. The van der Waals surface area contributed by atoms with E-state index in [-0.39, 0.29) is 23.4 Å². The number of fused-ring (bicyclic) bond motifs is 1. The third-order valence-corrected chi connectivity index (χ3v) is 9.17. The highest BCUT2D eigenvalue weighted by atomic mass is 35.5. The lowest BCUT2D eigenvalue weighted by atomic mass is 9.71. The molecule has 3 aromatic rings. The molecule has 2 unspecified atom stereocenters. The second-order valence-electron chi connectivity index (χ2n) is 12.5. The van der Waals surface area contributed by atoms with Crippen LogP contribution in [0.1, 0.15) is 57.2 Å². The molecule has 10 heteroatoms. The van der Waals surface area contributed by atoms with Crippen LogP contribution in [0.5, 0.6) is 5.75 Å². The van der Waals surface area contributed by atoms with Gasteiger partial charge in [-0.1, -0.05) is 44.0 Å². The van der Waals surface area contributed by atoms with Gasteiger partial charge in [-0.25, -0.2) is 9.78 Å². The Morgan fingerprint density at radius 3 is 2.76 bits per heavy atom. The number of nitrogens with one attached hydrogen (secondary N) is 2. The molecule has 2 fully saturated rings. The Morgan fingerprint density at radius 2 is 1.98 bits per heavy atom. The molecular formula is C31H37ClN6O3. The van der Waals surface area contributed by atoms with Gasteiger partial charge in [-0.2, -0.15) is 5.10 Å². The number of hydrogen-bond donors (Lipinski definition) is 2. The number of halogens is 1. The van der Waals surface area contributed by atoms with Gasteiger partial charge in [0.05, 0.1) is 23.7 Å². The zero-order valence-corrected chi connectivity index (χ0v) is 24.6. The van der Waals surface area contributed by atoms with E-state index in [0.29, 0.717) is 23.8 Å². The number of benzene rings is 1. The molecule has 1 aromatic carbocycles. The lowest BCUT2D eigenvalue weighted by Gasteiger charge is -2.36. The summed E-state index contributed by atoms with van der Waals surface area (Å²) in [6, 6.07) is 9.26. The van der Waals surface area contributed by atoms with Gasteiger partial charge >= 0.3 is 6.03 Å². The first-order valence-corrected chi connectivity index (χ1v) is 14.7. The largest absolute Gasteiger partial charge is 0.497 e. The van der Waals surface area contributed by atoms with E-state index in [0.717, 1.165) is 73.3 Å². The van der Waals surface area contributed by atoms with Crippen LogP contribution in [0.3, 0.4) is 0 Å². The molecule has 2 atom stereocenters. The number of amides is 3. The minimum atomic E-state index is -0.412. The number of ether oxygens (including phenoxy) is 1. The van der Waals surface area contributed by atoms with Gasteiger partial charge in [-0.15, -0.1) is 0 Å². The van der Waals surface area contributed by atoms with Crippen LogP contribution in [-0.2, 0) is 24.3 Å². The minimum Gasteiger partial charge on any atom is -0.497 e. The number of carbonyl (C=O) groups excluding carboxylic acids is 2. The topological polar surface area (TPSA) is 101 Å². The molecule has 2 N–H and O–H groups in total. The first-order valence-electron chi connectivity index (χ1n) is 14.4. The molecule has 1 saturated carbocycles. The first-order chi connectivity index (χ1) is 19.6. The minimum absolute atomic E-state index is 0.0819. The van der Waals surface area contributed by atoms with Gasteiger partial charge in [0.1, 0.15) is 11.6 Å². The van der Waals surface area contributed by atoms with E-state index in [9.17, 15) is 9.59 Å². The molecule has 1 saturated heterocycles. The van der Waals surface area contributed by atoms with Crippen molar-refractivity contribution in [2.24, 2.45) is 10.8 Å². The summed E-state index contributed by atoms with van der Waals surface area (Å²) in [7, 11) is 1.65. The molecule has 41 heavy (non-hydrogen) atoms. The maximum atomic E-state index is 13.6. The summed E-state index contributed by atoms with van der Waals surface area (Å²) in [5, 5.41) is 11.1.